The third kappa shape index (κ3) is 1.35. The van der Waals surface area contributed by atoms with E-state index in [1.54, 1.807) is 7.05 Å². The highest BCUT2D eigenvalue weighted by molar-refractivity contribution is 9.10. The fourth-order valence-corrected chi connectivity index (χ4v) is 1.09. The zero-order chi connectivity index (χ0) is 10.2. The Bertz CT molecular complexity index is 310. The Labute approximate surface area is 71.2 Å². The van der Waals surface area contributed by atoms with Crippen LogP contribution in [0.5, 0.6) is 0 Å². The van der Waals surface area contributed by atoms with Crippen LogP contribution < -0.4 is 0 Å². The fourth-order valence-electron chi connectivity index (χ4n) is 0.565. The van der Waals surface area contributed by atoms with Crippen LogP contribution in [-0.2, 0) is 7.05 Å². The first-order valence-electron chi connectivity index (χ1n) is 4.07. The van der Waals surface area contributed by atoms with Crippen LogP contribution in [0.2, 0.25) is 0 Å². The molecule has 0 spiro atoms. The number of nitrogens with zero attached hydrogens (tertiary/aromatic N) is 3. The molecule has 0 saturated heterocycles. The van der Waals surface area contributed by atoms with Gasteiger partial charge in [-0.2, -0.15) is 9.90 Å². The van der Waals surface area contributed by atoms with E-state index in [1.807, 2.05) is 0 Å². The van der Waals surface area contributed by atoms with Crippen molar-refractivity contribution in [3.05, 3.63) is 10.3 Å². The van der Waals surface area contributed by atoms with E-state index in [0.717, 1.165) is 0 Å². The Morgan fingerprint density at radius 1 is 1.80 bits per heavy atom. The van der Waals surface area contributed by atoms with Gasteiger partial charge in [0.25, 0.3) is 0 Å². The standard InChI is InChI=1S/C5H8BrN3O/c1-3(10)4-5(6)8-9(2)7-4/h3,10H,1-2H3/i1D3. The van der Waals surface area contributed by atoms with Gasteiger partial charge in [-0.1, -0.05) is 0 Å². The maximum Gasteiger partial charge on any atom is 0.154 e. The quantitative estimate of drug-likeness (QED) is 0.737. The van der Waals surface area contributed by atoms with Gasteiger partial charge in [0.2, 0.25) is 0 Å². The van der Waals surface area contributed by atoms with E-state index in [-0.39, 0.29) is 10.3 Å². The first-order valence-corrected chi connectivity index (χ1v) is 3.36. The average Bonchev–Trinajstić information content (AvgIpc) is 2.26. The van der Waals surface area contributed by atoms with Crippen LogP contribution in [0.25, 0.3) is 0 Å². The van der Waals surface area contributed by atoms with Crippen molar-refractivity contribution in [1.29, 1.82) is 0 Å². The van der Waals surface area contributed by atoms with Gasteiger partial charge in [-0.15, -0.1) is 5.10 Å². The van der Waals surface area contributed by atoms with Crippen LogP contribution >= 0.6 is 15.9 Å². The molecule has 56 valence electrons. The molecule has 0 amide bonds. The van der Waals surface area contributed by atoms with Gasteiger partial charge in [-0.3, -0.25) is 0 Å². The van der Waals surface area contributed by atoms with E-state index in [9.17, 15) is 5.11 Å². The lowest BCUT2D eigenvalue weighted by Gasteiger charge is -1.95. The van der Waals surface area contributed by atoms with Gasteiger partial charge < -0.3 is 5.11 Å². The predicted octanol–water partition coefficient (Wildman–Crippen LogP) is 0.631. The Morgan fingerprint density at radius 2 is 2.50 bits per heavy atom. The molecule has 1 N–H and O–H groups in total. The van der Waals surface area contributed by atoms with Gasteiger partial charge in [-0.05, 0) is 22.8 Å². The van der Waals surface area contributed by atoms with Gasteiger partial charge >= 0.3 is 0 Å². The van der Waals surface area contributed by atoms with Crippen LogP contribution in [0.3, 0.4) is 0 Å². The van der Waals surface area contributed by atoms with Crippen molar-refractivity contribution in [2.24, 2.45) is 7.05 Å². The molecule has 1 aromatic heterocycles. The molecular weight excluding hydrogens is 198 g/mol. The molecule has 1 aromatic rings. The van der Waals surface area contributed by atoms with E-state index in [1.165, 1.54) is 4.80 Å². The highest BCUT2D eigenvalue weighted by Crippen LogP contribution is 2.17. The topological polar surface area (TPSA) is 50.9 Å². The van der Waals surface area contributed by atoms with Crippen molar-refractivity contribution in [2.75, 3.05) is 0 Å². The van der Waals surface area contributed by atoms with Crippen LogP contribution in [0.1, 0.15) is 22.8 Å². The minimum atomic E-state index is -2.47. The third-order valence-corrected chi connectivity index (χ3v) is 1.52. The number of aliphatic hydroxyl groups excluding tert-OH is 1. The zero-order valence-corrected chi connectivity index (χ0v) is 6.83. The molecule has 1 rings (SSSR count). The van der Waals surface area contributed by atoms with Crippen molar-refractivity contribution in [3.63, 3.8) is 0 Å². The Balaban J connectivity index is 3.01. The molecule has 0 radical (unpaired) electrons. The smallest absolute Gasteiger partial charge is 0.154 e. The van der Waals surface area contributed by atoms with Gasteiger partial charge in [-0.25, -0.2) is 0 Å². The van der Waals surface area contributed by atoms with E-state index >= 15 is 0 Å². The molecule has 0 bridgehead atoms. The lowest BCUT2D eigenvalue weighted by atomic mass is 10.3. The lowest BCUT2D eigenvalue weighted by molar-refractivity contribution is 0.192. The van der Waals surface area contributed by atoms with Crippen LogP contribution in [0.15, 0.2) is 4.60 Å². The molecular formula is C5H8BrN3O. The lowest BCUT2D eigenvalue weighted by Crippen LogP contribution is -1.95. The second kappa shape index (κ2) is 2.67. The molecule has 10 heavy (non-hydrogen) atoms. The summed E-state index contributed by atoms with van der Waals surface area (Å²) in [5.74, 6) is 0. The maximum absolute atomic E-state index is 9.34. The van der Waals surface area contributed by atoms with Crippen LogP contribution in [-0.4, -0.2) is 20.1 Å². The summed E-state index contributed by atoms with van der Waals surface area (Å²) in [5.41, 5.74) is 0.0301. The molecule has 1 atom stereocenters. The molecule has 0 fully saturated rings. The number of aliphatic hydroxyl groups is 1. The molecule has 0 aliphatic rings. The van der Waals surface area contributed by atoms with Crippen LogP contribution in [0.4, 0.5) is 0 Å². The summed E-state index contributed by atoms with van der Waals surface area (Å²) in [6.45, 7) is -2.47. The number of halogens is 1. The van der Waals surface area contributed by atoms with Gasteiger partial charge in [0.05, 0.1) is 6.10 Å². The van der Waals surface area contributed by atoms with Gasteiger partial charge in [0, 0.05) is 11.2 Å². The number of aryl methyl sites for hydroxylation is 1. The van der Waals surface area contributed by atoms with Crippen LogP contribution in [0, 0.1) is 0 Å². The Morgan fingerprint density at radius 3 is 2.90 bits per heavy atom. The van der Waals surface area contributed by atoms with E-state index in [0.29, 0.717) is 0 Å². The van der Waals surface area contributed by atoms with Gasteiger partial charge in [0.1, 0.15) is 5.69 Å². The minimum Gasteiger partial charge on any atom is -0.387 e. The van der Waals surface area contributed by atoms with Crippen molar-refractivity contribution < 1.29 is 9.22 Å². The molecule has 4 nitrogen and oxygen atoms in total. The largest absolute Gasteiger partial charge is 0.387 e. The van der Waals surface area contributed by atoms with Crippen molar-refractivity contribution in [1.82, 2.24) is 15.0 Å². The molecule has 0 aromatic carbocycles. The number of hydrogen-bond donors (Lipinski definition) is 1. The first-order chi connectivity index (χ1) is 5.82. The summed E-state index contributed by atoms with van der Waals surface area (Å²) in [6.07, 6.45) is -1.60. The predicted molar refractivity (Wildman–Crippen MR) is 39.3 cm³/mol. The summed E-state index contributed by atoms with van der Waals surface area (Å²) in [5, 5.41) is 16.8. The maximum atomic E-state index is 9.34. The molecule has 0 aliphatic carbocycles. The molecule has 1 heterocycles. The summed E-state index contributed by atoms with van der Waals surface area (Å²) >= 11 is 3.01. The van der Waals surface area contributed by atoms with E-state index in [4.69, 9.17) is 4.11 Å². The minimum absolute atomic E-state index is 0.0301. The summed E-state index contributed by atoms with van der Waals surface area (Å²) in [7, 11) is 1.54. The number of rotatable bonds is 1. The second-order valence-corrected chi connectivity index (χ2v) is 2.52. The Hall–Kier alpha value is -0.420. The molecule has 0 saturated carbocycles. The monoisotopic (exact) mass is 208 g/mol. The first kappa shape index (κ1) is 4.46. The van der Waals surface area contributed by atoms with Crippen molar-refractivity contribution >= 4 is 15.9 Å². The Kier molecular flexibility index (Phi) is 1.19. The normalized spacial score (nSPS) is 19.3. The third-order valence-electron chi connectivity index (χ3n) is 0.955. The van der Waals surface area contributed by atoms with Crippen molar-refractivity contribution in [2.45, 2.75) is 13.0 Å². The summed E-state index contributed by atoms with van der Waals surface area (Å²) in [6, 6.07) is 0. The SMILES string of the molecule is [2H]C([2H])([2H])C(O)c1nn(C)nc1Br. The number of aromatic nitrogens is 3. The summed E-state index contributed by atoms with van der Waals surface area (Å²) in [4.78, 5) is 1.19. The van der Waals surface area contributed by atoms with Gasteiger partial charge in [0.15, 0.2) is 4.60 Å². The summed E-state index contributed by atoms with van der Waals surface area (Å²) < 4.78 is 21.1. The average molecular weight is 209 g/mol. The fraction of sp³-hybridized carbons (Fsp3) is 0.600. The highest BCUT2D eigenvalue weighted by Gasteiger charge is 2.10. The second-order valence-electron chi connectivity index (χ2n) is 1.77. The highest BCUT2D eigenvalue weighted by atomic mass is 79.9. The molecule has 1 unspecified atom stereocenters. The van der Waals surface area contributed by atoms with Crippen molar-refractivity contribution in [3.8, 4) is 0 Å². The molecule has 0 aliphatic heterocycles. The van der Waals surface area contributed by atoms with E-state index < -0.39 is 13.0 Å². The molecule has 5 heteroatoms. The number of hydrogen-bond acceptors (Lipinski definition) is 3. The van der Waals surface area contributed by atoms with E-state index in [2.05, 4.69) is 26.1 Å². The zero-order valence-electron chi connectivity index (χ0n) is 8.24.